The van der Waals surface area contributed by atoms with Crippen molar-refractivity contribution in [3.63, 3.8) is 0 Å². The zero-order valence-electron chi connectivity index (χ0n) is 9.46. The topological polar surface area (TPSA) is 32.7 Å². The number of carbonyl (C=O) groups excluding carboxylic acids is 1. The van der Waals surface area contributed by atoms with Gasteiger partial charge in [0, 0.05) is 25.9 Å². The number of nitrogens with zero attached hydrogens (tertiary/aromatic N) is 2. The predicted octanol–water partition coefficient (Wildman–Crippen LogP) is 1.93. The molecule has 1 amide bonds. The van der Waals surface area contributed by atoms with Crippen LogP contribution in [0.4, 0.5) is 0 Å². The Balaban J connectivity index is 4.82. The zero-order valence-corrected chi connectivity index (χ0v) is 9.46. The second kappa shape index (κ2) is 5.00. The van der Waals surface area contributed by atoms with Crippen LogP contribution in [0.25, 0.3) is 0 Å². The van der Waals surface area contributed by atoms with Gasteiger partial charge in [0.25, 0.3) is 0 Å². The van der Waals surface area contributed by atoms with Gasteiger partial charge >= 0.3 is 0 Å². The first-order valence-corrected chi connectivity index (χ1v) is 4.68. The molecule has 0 aliphatic rings. The molecular formula is C10H20N2O. The highest BCUT2D eigenvalue weighted by atomic mass is 16.2. The monoisotopic (exact) mass is 184 g/mol. The van der Waals surface area contributed by atoms with E-state index in [1.165, 1.54) is 0 Å². The van der Waals surface area contributed by atoms with E-state index in [-0.39, 0.29) is 17.9 Å². The summed E-state index contributed by atoms with van der Waals surface area (Å²) in [7, 11) is 1.73. The summed E-state index contributed by atoms with van der Waals surface area (Å²) in [4.78, 5) is 17.2. The fourth-order valence-electron chi connectivity index (χ4n) is 1.43. The molecule has 0 unspecified atom stereocenters. The van der Waals surface area contributed by atoms with Gasteiger partial charge < -0.3 is 0 Å². The maximum atomic E-state index is 11.3. The Hall–Kier alpha value is -0.860. The van der Waals surface area contributed by atoms with E-state index in [1.807, 2.05) is 27.7 Å². The van der Waals surface area contributed by atoms with E-state index in [0.717, 1.165) is 5.84 Å². The van der Waals surface area contributed by atoms with Gasteiger partial charge in [0.15, 0.2) is 0 Å². The number of amidine groups is 1. The van der Waals surface area contributed by atoms with Crippen molar-refractivity contribution in [3.8, 4) is 0 Å². The maximum absolute atomic E-state index is 11.3. The van der Waals surface area contributed by atoms with Crippen LogP contribution in [0.15, 0.2) is 4.99 Å². The minimum Gasteiger partial charge on any atom is -0.298 e. The van der Waals surface area contributed by atoms with E-state index in [0.29, 0.717) is 0 Å². The molecule has 3 heteroatoms. The van der Waals surface area contributed by atoms with Gasteiger partial charge in [-0.05, 0) is 13.8 Å². The maximum Gasteiger partial charge on any atom is 0.225 e. The van der Waals surface area contributed by atoms with Crippen LogP contribution in [0.3, 0.4) is 0 Å². The summed E-state index contributed by atoms with van der Waals surface area (Å²) in [6.45, 7) is 9.65. The highest BCUT2D eigenvalue weighted by Crippen LogP contribution is 2.08. The van der Waals surface area contributed by atoms with E-state index < -0.39 is 0 Å². The molecule has 0 bridgehead atoms. The van der Waals surface area contributed by atoms with Crippen LogP contribution in [0, 0.1) is 5.92 Å². The highest BCUT2D eigenvalue weighted by molar-refractivity contribution is 5.98. The Kier molecular flexibility index (Phi) is 4.67. The van der Waals surface area contributed by atoms with Crippen LogP contribution >= 0.6 is 0 Å². The van der Waals surface area contributed by atoms with Gasteiger partial charge in [0.2, 0.25) is 5.91 Å². The molecule has 0 aliphatic heterocycles. The summed E-state index contributed by atoms with van der Waals surface area (Å²) in [6.07, 6.45) is 0. The summed E-state index contributed by atoms with van der Waals surface area (Å²) in [6, 6.07) is 0.179. The van der Waals surface area contributed by atoms with E-state index in [4.69, 9.17) is 0 Å². The fourth-order valence-corrected chi connectivity index (χ4v) is 1.43. The van der Waals surface area contributed by atoms with Crippen molar-refractivity contribution in [1.29, 1.82) is 0 Å². The molecule has 0 aromatic heterocycles. The lowest BCUT2D eigenvalue weighted by Crippen LogP contribution is -2.42. The highest BCUT2D eigenvalue weighted by Gasteiger charge is 2.20. The van der Waals surface area contributed by atoms with Crippen LogP contribution in [0.5, 0.6) is 0 Å². The molecule has 0 N–H and O–H groups in total. The SMILES string of the molecule is CN=C(C(C)C)N(C(C)=O)C(C)C. The van der Waals surface area contributed by atoms with Gasteiger partial charge in [-0.3, -0.25) is 14.7 Å². The molecule has 0 aliphatic carbocycles. The second-order valence-electron chi connectivity index (χ2n) is 3.72. The summed E-state index contributed by atoms with van der Waals surface area (Å²) < 4.78 is 0. The zero-order chi connectivity index (χ0) is 10.6. The first kappa shape index (κ1) is 12.1. The van der Waals surface area contributed by atoms with Crippen molar-refractivity contribution in [2.24, 2.45) is 10.9 Å². The van der Waals surface area contributed by atoms with Gasteiger partial charge in [-0.25, -0.2) is 0 Å². The molecule has 0 heterocycles. The van der Waals surface area contributed by atoms with Crippen LogP contribution in [0.2, 0.25) is 0 Å². The van der Waals surface area contributed by atoms with E-state index in [2.05, 4.69) is 4.99 Å². The average molecular weight is 184 g/mol. The lowest BCUT2D eigenvalue weighted by Gasteiger charge is -2.28. The molecule has 0 radical (unpaired) electrons. The van der Waals surface area contributed by atoms with Crippen LogP contribution < -0.4 is 0 Å². The molecular weight excluding hydrogens is 164 g/mol. The number of rotatable bonds is 2. The van der Waals surface area contributed by atoms with E-state index in [9.17, 15) is 4.79 Å². The number of carbonyl (C=O) groups is 1. The Morgan fingerprint density at radius 1 is 1.23 bits per heavy atom. The second-order valence-corrected chi connectivity index (χ2v) is 3.72. The third-order valence-corrected chi connectivity index (χ3v) is 1.85. The summed E-state index contributed by atoms with van der Waals surface area (Å²) in [5.41, 5.74) is 0. The molecule has 0 aromatic rings. The van der Waals surface area contributed by atoms with Crippen LogP contribution in [-0.4, -0.2) is 29.7 Å². The molecule has 0 saturated carbocycles. The Morgan fingerprint density at radius 3 is 1.77 bits per heavy atom. The first-order chi connectivity index (χ1) is 5.91. The van der Waals surface area contributed by atoms with Gasteiger partial charge in [0.1, 0.15) is 5.84 Å². The van der Waals surface area contributed by atoms with Crippen molar-refractivity contribution in [2.45, 2.75) is 40.7 Å². The molecule has 3 nitrogen and oxygen atoms in total. The molecule has 0 fully saturated rings. The Morgan fingerprint density at radius 2 is 1.69 bits per heavy atom. The van der Waals surface area contributed by atoms with Crippen molar-refractivity contribution < 1.29 is 4.79 Å². The molecule has 0 atom stereocenters. The van der Waals surface area contributed by atoms with Crippen molar-refractivity contribution in [1.82, 2.24) is 4.90 Å². The molecule has 0 aromatic carbocycles. The van der Waals surface area contributed by atoms with E-state index in [1.54, 1.807) is 18.9 Å². The molecule has 0 spiro atoms. The minimum absolute atomic E-state index is 0.0595. The molecule has 13 heavy (non-hydrogen) atoms. The summed E-state index contributed by atoms with van der Waals surface area (Å²) in [5.74, 6) is 1.21. The quantitative estimate of drug-likeness (QED) is 0.477. The molecule has 76 valence electrons. The van der Waals surface area contributed by atoms with Gasteiger partial charge in [-0.15, -0.1) is 0 Å². The minimum atomic E-state index is 0.0595. The largest absolute Gasteiger partial charge is 0.298 e. The third-order valence-electron chi connectivity index (χ3n) is 1.85. The number of hydrogen-bond acceptors (Lipinski definition) is 2. The van der Waals surface area contributed by atoms with Gasteiger partial charge in [0.05, 0.1) is 0 Å². The van der Waals surface area contributed by atoms with Crippen LogP contribution in [0.1, 0.15) is 34.6 Å². The first-order valence-electron chi connectivity index (χ1n) is 4.68. The molecule has 0 saturated heterocycles. The van der Waals surface area contributed by atoms with E-state index >= 15 is 0 Å². The summed E-state index contributed by atoms with van der Waals surface area (Å²) >= 11 is 0. The third kappa shape index (κ3) is 3.17. The summed E-state index contributed by atoms with van der Waals surface area (Å²) in [5, 5.41) is 0. The normalized spacial score (nSPS) is 12.5. The smallest absolute Gasteiger partial charge is 0.225 e. The van der Waals surface area contributed by atoms with Gasteiger partial charge in [-0.1, -0.05) is 13.8 Å². The molecule has 0 rings (SSSR count). The standard InChI is InChI=1S/C10H20N2O/c1-7(2)10(11-6)12(8(3)4)9(5)13/h7-8H,1-6H3. The lowest BCUT2D eigenvalue weighted by molar-refractivity contribution is -0.126. The lowest BCUT2D eigenvalue weighted by atomic mass is 10.1. The Labute approximate surface area is 80.8 Å². The van der Waals surface area contributed by atoms with Crippen molar-refractivity contribution in [3.05, 3.63) is 0 Å². The van der Waals surface area contributed by atoms with Crippen molar-refractivity contribution >= 4 is 11.7 Å². The predicted molar refractivity (Wildman–Crippen MR) is 55.9 cm³/mol. The average Bonchev–Trinajstić information content (AvgIpc) is 1.97. The fraction of sp³-hybridized carbons (Fsp3) is 0.800. The van der Waals surface area contributed by atoms with Crippen molar-refractivity contribution in [2.75, 3.05) is 7.05 Å². The number of amides is 1. The van der Waals surface area contributed by atoms with Gasteiger partial charge in [-0.2, -0.15) is 0 Å². The Bertz CT molecular complexity index is 207. The number of aliphatic imine (C=N–C) groups is 1. The number of hydrogen-bond donors (Lipinski definition) is 0. The van der Waals surface area contributed by atoms with Crippen LogP contribution in [-0.2, 0) is 4.79 Å².